The van der Waals surface area contributed by atoms with Gasteiger partial charge in [-0.15, -0.1) is 0 Å². The van der Waals surface area contributed by atoms with Gasteiger partial charge in [0.2, 0.25) is 0 Å². The molecule has 4 aromatic carbocycles. The lowest BCUT2D eigenvalue weighted by atomic mass is 10.1. The van der Waals surface area contributed by atoms with Crippen LogP contribution in [0.25, 0.3) is 21.8 Å². The summed E-state index contributed by atoms with van der Waals surface area (Å²) in [5.41, 5.74) is 3.11. The van der Waals surface area contributed by atoms with Crippen LogP contribution in [-0.2, 0) is 17.6 Å². The summed E-state index contributed by atoms with van der Waals surface area (Å²) < 4.78 is 40.9. The molecule has 0 unspecified atom stereocenters. The largest absolute Gasteiger partial charge is 0.493 e. The van der Waals surface area contributed by atoms with E-state index in [1.807, 2.05) is 75.6 Å². The number of benzene rings is 4. The van der Waals surface area contributed by atoms with E-state index in [0.717, 1.165) is 52.5 Å². The van der Waals surface area contributed by atoms with Crippen LogP contribution >= 0.6 is 35.1 Å². The number of H-pyrrole nitrogens is 2. The number of methoxy groups -OCH3 is 4. The molecule has 6 aromatic rings. The first-order valence-electron chi connectivity index (χ1n) is 18.8. The minimum atomic E-state index is -0.960. The minimum absolute atomic E-state index is 0.284. The smallest absolute Gasteiger partial charge is 0.410 e. The van der Waals surface area contributed by atoms with Crippen LogP contribution in [0.1, 0.15) is 31.9 Å². The zero-order chi connectivity index (χ0) is 43.7. The van der Waals surface area contributed by atoms with Crippen molar-refractivity contribution in [1.82, 2.24) is 19.8 Å². The molecule has 2 amide bonds. The highest BCUT2D eigenvalue weighted by Crippen LogP contribution is 2.43. The average molecular weight is 881 g/mol. The quantitative estimate of drug-likeness (QED) is 0.0969. The van der Waals surface area contributed by atoms with Crippen LogP contribution < -0.4 is 18.9 Å². The van der Waals surface area contributed by atoms with Crippen LogP contribution in [0, 0.1) is 5.82 Å². The molecule has 6 rings (SSSR count). The van der Waals surface area contributed by atoms with Gasteiger partial charge >= 0.3 is 12.2 Å². The number of hydrogen-bond donors (Lipinski definition) is 3. The van der Waals surface area contributed by atoms with Crippen LogP contribution in [0.3, 0.4) is 0 Å². The third-order valence-corrected chi connectivity index (χ3v) is 11.9. The van der Waals surface area contributed by atoms with E-state index in [9.17, 15) is 14.0 Å². The zero-order valence-electron chi connectivity index (χ0n) is 35.0. The van der Waals surface area contributed by atoms with Gasteiger partial charge < -0.3 is 48.6 Å². The molecule has 0 atom stereocenters. The van der Waals surface area contributed by atoms with Gasteiger partial charge in [0.15, 0.2) is 23.0 Å². The Bertz CT molecular complexity index is 2450. The summed E-state index contributed by atoms with van der Waals surface area (Å²) in [6.07, 6.45) is 3.59. The molecule has 0 bridgehead atoms. The maximum absolute atomic E-state index is 13.6. The molecule has 0 saturated heterocycles. The van der Waals surface area contributed by atoms with Gasteiger partial charge in [-0.1, -0.05) is 41.2 Å². The van der Waals surface area contributed by atoms with E-state index in [1.165, 1.54) is 17.0 Å². The first-order chi connectivity index (χ1) is 28.5. The Morgan fingerprint density at radius 3 is 1.78 bits per heavy atom. The number of aromatic nitrogens is 2. The lowest BCUT2D eigenvalue weighted by Crippen LogP contribution is -2.35. The molecule has 320 valence electrons. The number of fused-ring (bicyclic) bond motifs is 2. The molecule has 2 aromatic heterocycles. The Balaban J connectivity index is 0.000000230. The third-order valence-electron chi connectivity index (χ3n) is 9.26. The molecule has 0 saturated carbocycles. The topological polar surface area (TPSA) is 139 Å². The number of aromatic amines is 2. The van der Waals surface area contributed by atoms with Gasteiger partial charge in [-0.25, -0.2) is 14.0 Å². The summed E-state index contributed by atoms with van der Waals surface area (Å²) in [7, 11) is 9.63. The molecule has 3 N–H and O–H groups in total. The molecule has 0 aliphatic rings. The van der Waals surface area contributed by atoms with Crippen molar-refractivity contribution < 1.29 is 42.8 Å². The molecular weight excluding hydrogens is 831 g/mol. The van der Waals surface area contributed by atoms with E-state index < -0.39 is 11.7 Å². The van der Waals surface area contributed by atoms with E-state index >= 15 is 0 Å². The summed E-state index contributed by atoms with van der Waals surface area (Å²) in [4.78, 5) is 36.5. The van der Waals surface area contributed by atoms with Gasteiger partial charge in [-0.2, -0.15) is 0 Å². The lowest BCUT2D eigenvalue weighted by molar-refractivity contribution is 0.0300. The number of nitrogens with zero attached hydrogens (tertiary/aromatic N) is 2. The number of carbonyl (C=O) groups is 2. The highest BCUT2D eigenvalue weighted by molar-refractivity contribution is 8.00. The summed E-state index contributed by atoms with van der Waals surface area (Å²) in [6.45, 7) is 6.36. The van der Waals surface area contributed by atoms with Crippen LogP contribution in [-0.4, -0.2) is 98.3 Å². The molecule has 0 radical (unpaired) electrons. The van der Waals surface area contributed by atoms with E-state index in [2.05, 4.69) is 9.97 Å². The summed E-state index contributed by atoms with van der Waals surface area (Å²) in [6, 6.07) is 18.1. The van der Waals surface area contributed by atoms with Crippen LogP contribution in [0.2, 0.25) is 5.02 Å². The highest BCUT2D eigenvalue weighted by atomic mass is 35.5. The van der Waals surface area contributed by atoms with E-state index in [1.54, 1.807) is 77.0 Å². The van der Waals surface area contributed by atoms with Crippen molar-refractivity contribution in [2.24, 2.45) is 0 Å². The number of nitrogens with one attached hydrogen (secondary N) is 2. The average Bonchev–Trinajstić information content (AvgIpc) is 3.82. The zero-order valence-corrected chi connectivity index (χ0v) is 37.4. The lowest BCUT2D eigenvalue weighted by Gasteiger charge is -2.25. The van der Waals surface area contributed by atoms with Crippen LogP contribution in [0.4, 0.5) is 14.0 Å². The van der Waals surface area contributed by atoms with Crippen molar-refractivity contribution in [2.45, 2.75) is 58.8 Å². The maximum atomic E-state index is 13.6. The molecule has 16 heteroatoms. The molecule has 0 aliphatic heterocycles. The van der Waals surface area contributed by atoms with Gasteiger partial charge in [0.05, 0.1) is 33.5 Å². The van der Waals surface area contributed by atoms with Crippen molar-refractivity contribution in [3.63, 3.8) is 0 Å². The first kappa shape index (κ1) is 45.7. The molecular formula is C44H50ClFN4O8S2. The molecule has 60 heavy (non-hydrogen) atoms. The van der Waals surface area contributed by atoms with Crippen LogP contribution in [0.15, 0.2) is 92.6 Å². The Morgan fingerprint density at radius 2 is 1.23 bits per heavy atom. The Hall–Kier alpha value is -5.38. The summed E-state index contributed by atoms with van der Waals surface area (Å²) in [5.74, 6) is 2.17. The summed E-state index contributed by atoms with van der Waals surface area (Å²) in [5, 5.41) is 11.7. The maximum Gasteiger partial charge on any atom is 0.410 e. The SMILES string of the molecule is COc1cc(CCN(C)C(=O)O)c(Sc2c[nH]c3cccc(Cl)c23)cc1OC.COc1cc(CCN(C)C(=O)OC(C)(C)C)c(Sc2c[nH]c3cc(F)ccc23)cc1OC. The molecule has 0 spiro atoms. The van der Waals surface area contributed by atoms with E-state index in [0.29, 0.717) is 54.0 Å². The van der Waals surface area contributed by atoms with Gasteiger partial charge in [-0.3, -0.25) is 0 Å². The molecule has 0 aliphatic carbocycles. The van der Waals surface area contributed by atoms with Gasteiger partial charge in [0, 0.05) is 81.0 Å². The Kier molecular flexibility index (Phi) is 15.4. The van der Waals surface area contributed by atoms with Crippen molar-refractivity contribution in [3.05, 3.63) is 95.0 Å². The van der Waals surface area contributed by atoms with Crippen LogP contribution in [0.5, 0.6) is 23.0 Å². The predicted molar refractivity (Wildman–Crippen MR) is 236 cm³/mol. The van der Waals surface area contributed by atoms with Crippen molar-refractivity contribution >= 4 is 69.1 Å². The second kappa shape index (κ2) is 20.3. The van der Waals surface area contributed by atoms with E-state index in [-0.39, 0.29) is 11.9 Å². The van der Waals surface area contributed by atoms with Crippen molar-refractivity contribution in [3.8, 4) is 23.0 Å². The number of rotatable bonds is 14. The number of carbonyl (C=O) groups excluding carboxylic acids is 1. The second-order valence-electron chi connectivity index (χ2n) is 14.6. The number of halogens is 2. The highest BCUT2D eigenvalue weighted by Gasteiger charge is 2.21. The molecule has 2 heterocycles. The standard InChI is InChI=1S/C24H29FN2O4S.C20H21ClN2O4S/c1-24(2,3)31-23(28)27(4)10-9-15-11-19(29-5)20(30-6)13-21(15)32-22-14-26-18-12-16(25)7-8-17(18)22;1-23(20(24)25)8-7-12-9-15(26-2)16(27-3)10-17(12)28-18-11-22-14-6-4-5-13(21)19(14)18/h7-8,11-14,26H,9-10H2,1-6H3;4-6,9-11,22H,7-8H2,1-3H3,(H,24,25). The van der Waals surface area contributed by atoms with Crippen molar-refractivity contribution in [2.75, 3.05) is 55.6 Å². The summed E-state index contributed by atoms with van der Waals surface area (Å²) >= 11 is 9.51. The monoisotopic (exact) mass is 880 g/mol. The fourth-order valence-electron chi connectivity index (χ4n) is 6.07. The normalized spacial score (nSPS) is 11.2. The number of ether oxygens (including phenoxy) is 5. The Morgan fingerprint density at radius 1 is 0.717 bits per heavy atom. The molecule has 12 nitrogen and oxygen atoms in total. The van der Waals surface area contributed by atoms with Crippen molar-refractivity contribution in [1.29, 1.82) is 0 Å². The fraction of sp³-hybridized carbons (Fsp3) is 0.318. The number of carboxylic acid groups (broad SMARTS) is 1. The molecule has 0 fully saturated rings. The Labute approximate surface area is 362 Å². The van der Waals surface area contributed by atoms with Gasteiger partial charge in [0.1, 0.15) is 11.4 Å². The number of hydrogen-bond acceptors (Lipinski definition) is 9. The van der Waals surface area contributed by atoms with Gasteiger partial charge in [-0.05, 0) is 99.3 Å². The third kappa shape index (κ3) is 11.5. The minimum Gasteiger partial charge on any atom is -0.493 e. The number of amides is 2. The second-order valence-corrected chi connectivity index (χ2v) is 17.2. The number of likely N-dealkylation sites (N-methyl/N-ethyl adjacent to an activating group) is 2. The van der Waals surface area contributed by atoms with Gasteiger partial charge in [0.25, 0.3) is 0 Å². The first-order valence-corrected chi connectivity index (χ1v) is 20.8. The van der Waals surface area contributed by atoms with E-state index in [4.69, 9.17) is 40.4 Å². The fourth-order valence-corrected chi connectivity index (χ4v) is 8.64. The predicted octanol–water partition coefficient (Wildman–Crippen LogP) is 11.0.